The Hall–Kier alpha value is -2.69. The Balaban J connectivity index is 1.78. The van der Waals surface area contributed by atoms with Crippen LogP contribution in [0.15, 0.2) is 47.5 Å². The molecule has 24 heavy (non-hydrogen) atoms. The standard InChI is InChI=1S/C19H20FN3O/c1-3-23(4-2)15-8-6-14(7-9-15)21-12-17-16-10-5-13(20)11-18(16)22-19(17)24/h5-12,17H,3-4H2,1-2H3,(H,22,24). The van der Waals surface area contributed by atoms with Gasteiger partial charge in [0.25, 0.3) is 0 Å². The summed E-state index contributed by atoms with van der Waals surface area (Å²) in [6, 6.07) is 12.2. The fourth-order valence-electron chi connectivity index (χ4n) is 2.91. The minimum absolute atomic E-state index is 0.181. The second kappa shape index (κ2) is 6.83. The quantitative estimate of drug-likeness (QED) is 0.841. The van der Waals surface area contributed by atoms with Crippen molar-refractivity contribution in [1.82, 2.24) is 0 Å². The number of hydrogen-bond donors (Lipinski definition) is 1. The first kappa shape index (κ1) is 16.2. The number of amides is 1. The van der Waals surface area contributed by atoms with Gasteiger partial charge in [0.1, 0.15) is 11.7 Å². The van der Waals surface area contributed by atoms with E-state index in [9.17, 15) is 9.18 Å². The van der Waals surface area contributed by atoms with Gasteiger partial charge in [0, 0.05) is 30.7 Å². The summed E-state index contributed by atoms with van der Waals surface area (Å²) in [7, 11) is 0. The maximum atomic E-state index is 13.2. The van der Waals surface area contributed by atoms with Crippen LogP contribution in [0.2, 0.25) is 0 Å². The predicted octanol–water partition coefficient (Wildman–Crippen LogP) is 4.11. The van der Waals surface area contributed by atoms with Crippen LogP contribution in [0.4, 0.5) is 21.5 Å². The number of nitrogens with one attached hydrogen (secondary N) is 1. The first-order valence-electron chi connectivity index (χ1n) is 8.12. The fourth-order valence-corrected chi connectivity index (χ4v) is 2.91. The molecule has 2 aromatic carbocycles. The van der Waals surface area contributed by atoms with Crippen molar-refractivity contribution in [2.24, 2.45) is 4.99 Å². The third-order valence-electron chi connectivity index (χ3n) is 4.24. The molecule has 0 aliphatic carbocycles. The van der Waals surface area contributed by atoms with E-state index in [0.717, 1.165) is 30.0 Å². The van der Waals surface area contributed by atoms with Crippen LogP contribution >= 0.6 is 0 Å². The number of anilines is 2. The molecule has 3 rings (SSSR count). The number of carbonyl (C=O) groups is 1. The molecular weight excluding hydrogens is 305 g/mol. The van der Waals surface area contributed by atoms with E-state index in [1.54, 1.807) is 12.3 Å². The lowest BCUT2D eigenvalue weighted by Crippen LogP contribution is -2.21. The Kier molecular flexibility index (Phi) is 4.60. The first-order valence-corrected chi connectivity index (χ1v) is 8.12. The number of aliphatic imine (C=N–C) groups is 1. The van der Waals surface area contributed by atoms with Gasteiger partial charge in [-0.05, 0) is 55.8 Å². The highest BCUT2D eigenvalue weighted by molar-refractivity contribution is 6.12. The third kappa shape index (κ3) is 3.15. The Labute approximate surface area is 141 Å². The van der Waals surface area contributed by atoms with Gasteiger partial charge in [-0.2, -0.15) is 0 Å². The van der Waals surface area contributed by atoms with Crippen molar-refractivity contribution in [2.75, 3.05) is 23.3 Å². The van der Waals surface area contributed by atoms with Gasteiger partial charge in [-0.15, -0.1) is 0 Å². The highest BCUT2D eigenvalue weighted by Crippen LogP contribution is 2.32. The molecule has 1 heterocycles. The van der Waals surface area contributed by atoms with Crippen molar-refractivity contribution in [2.45, 2.75) is 19.8 Å². The average molecular weight is 325 g/mol. The zero-order chi connectivity index (χ0) is 17.1. The molecule has 2 aromatic rings. The highest BCUT2D eigenvalue weighted by Gasteiger charge is 2.29. The average Bonchev–Trinajstić information content (AvgIpc) is 2.89. The molecule has 1 amide bonds. The summed E-state index contributed by atoms with van der Waals surface area (Å²) in [4.78, 5) is 18.7. The second-order valence-electron chi connectivity index (χ2n) is 5.67. The SMILES string of the molecule is CCN(CC)c1ccc(N=CC2C(=O)Nc3cc(F)ccc32)cc1. The fraction of sp³-hybridized carbons (Fsp3) is 0.263. The predicted molar refractivity (Wildman–Crippen MR) is 95.9 cm³/mol. The summed E-state index contributed by atoms with van der Waals surface area (Å²) in [5.41, 5.74) is 3.21. The van der Waals surface area contributed by atoms with Crippen molar-refractivity contribution < 1.29 is 9.18 Å². The van der Waals surface area contributed by atoms with Gasteiger partial charge < -0.3 is 10.2 Å². The number of nitrogens with zero attached hydrogens (tertiary/aromatic N) is 2. The zero-order valence-corrected chi connectivity index (χ0v) is 13.8. The van der Waals surface area contributed by atoms with E-state index in [2.05, 4.69) is 29.1 Å². The van der Waals surface area contributed by atoms with E-state index in [1.165, 1.54) is 12.1 Å². The van der Waals surface area contributed by atoms with Crippen molar-refractivity contribution in [3.8, 4) is 0 Å². The molecule has 0 radical (unpaired) electrons. The van der Waals surface area contributed by atoms with Crippen LogP contribution in [0.3, 0.4) is 0 Å². The Bertz CT molecular complexity index is 767. The monoisotopic (exact) mass is 325 g/mol. The second-order valence-corrected chi connectivity index (χ2v) is 5.67. The molecule has 0 saturated heterocycles. The molecule has 4 nitrogen and oxygen atoms in total. The van der Waals surface area contributed by atoms with E-state index in [1.807, 2.05) is 24.3 Å². The van der Waals surface area contributed by atoms with Crippen molar-refractivity contribution in [1.29, 1.82) is 0 Å². The van der Waals surface area contributed by atoms with E-state index in [0.29, 0.717) is 5.69 Å². The molecule has 1 aliphatic rings. The lowest BCUT2D eigenvalue weighted by Gasteiger charge is -2.20. The summed E-state index contributed by atoms with van der Waals surface area (Å²) >= 11 is 0. The van der Waals surface area contributed by atoms with Gasteiger partial charge in [-0.25, -0.2) is 4.39 Å². The maximum Gasteiger partial charge on any atom is 0.237 e. The van der Waals surface area contributed by atoms with Crippen LogP contribution in [-0.4, -0.2) is 25.2 Å². The van der Waals surface area contributed by atoms with E-state index in [4.69, 9.17) is 0 Å². The van der Waals surface area contributed by atoms with Crippen molar-refractivity contribution in [3.05, 3.63) is 53.8 Å². The summed E-state index contributed by atoms with van der Waals surface area (Å²) in [5.74, 6) is -1.03. The third-order valence-corrected chi connectivity index (χ3v) is 4.24. The molecule has 1 unspecified atom stereocenters. The molecule has 1 N–H and O–H groups in total. The Morgan fingerprint density at radius 1 is 1.17 bits per heavy atom. The summed E-state index contributed by atoms with van der Waals surface area (Å²) in [6.45, 7) is 6.15. The molecule has 5 heteroatoms. The van der Waals surface area contributed by atoms with Crippen molar-refractivity contribution >= 4 is 29.2 Å². The lowest BCUT2D eigenvalue weighted by atomic mass is 10.0. The Morgan fingerprint density at radius 3 is 2.54 bits per heavy atom. The van der Waals surface area contributed by atoms with E-state index >= 15 is 0 Å². The van der Waals surface area contributed by atoms with Crippen LogP contribution in [0, 0.1) is 5.82 Å². The molecule has 0 bridgehead atoms. The van der Waals surface area contributed by atoms with Gasteiger partial charge in [0.05, 0.1) is 5.69 Å². The zero-order valence-electron chi connectivity index (χ0n) is 13.8. The molecule has 0 fully saturated rings. The van der Waals surface area contributed by atoms with Gasteiger partial charge >= 0.3 is 0 Å². The van der Waals surface area contributed by atoms with E-state index < -0.39 is 5.92 Å². The molecular formula is C19H20FN3O. The van der Waals surface area contributed by atoms with E-state index in [-0.39, 0.29) is 11.7 Å². The molecule has 0 spiro atoms. The minimum Gasteiger partial charge on any atom is -0.372 e. The normalized spacial score (nSPS) is 16.3. The summed E-state index contributed by atoms with van der Waals surface area (Å²) in [5, 5.41) is 2.69. The summed E-state index contributed by atoms with van der Waals surface area (Å²) < 4.78 is 13.2. The Morgan fingerprint density at radius 2 is 1.88 bits per heavy atom. The molecule has 1 aliphatic heterocycles. The molecule has 1 atom stereocenters. The van der Waals surface area contributed by atoms with Crippen LogP contribution in [0.5, 0.6) is 0 Å². The number of fused-ring (bicyclic) bond motifs is 1. The van der Waals surface area contributed by atoms with Crippen molar-refractivity contribution in [3.63, 3.8) is 0 Å². The maximum absolute atomic E-state index is 13.2. The minimum atomic E-state index is -0.483. The van der Waals surface area contributed by atoms with Gasteiger partial charge in [0.2, 0.25) is 5.91 Å². The van der Waals surface area contributed by atoms with Gasteiger partial charge in [-0.1, -0.05) is 6.07 Å². The number of rotatable bonds is 5. The first-order chi connectivity index (χ1) is 11.6. The van der Waals surface area contributed by atoms with Crippen LogP contribution in [-0.2, 0) is 4.79 Å². The highest BCUT2D eigenvalue weighted by atomic mass is 19.1. The van der Waals surface area contributed by atoms with Crippen LogP contribution in [0.1, 0.15) is 25.3 Å². The number of hydrogen-bond acceptors (Lipinski definition) is 3. The summed E-state index contributed by atoms with van der Waals surface area (Å²) in [6.07, 6.45) is 1.62. The molecule has 0 saturated carbocycles. The smallest absolute Gasteiger partial charge is 0.237 e. The number of halogens is 1. The van der Waals surface area contributed by atoms with Crippen LogP contribution in [0.25, 0.3) is 0 Å². The molecule has 124 valence electrons. The molecule has 0 aromatic heterocycles. The van der Waals surface area contributed by atoms with Gasteiger partial charge in [-0.3, -0.25) is 9.79 Å². The topological polar surface area (TPSA) is 44.7 Å². The van der Waals surface area contributed by atoms with Gasteiger partial charge in [0.15, 0.2) is 0 Å². The van der Waals surface area contributed by atoms with Crippen LogP contribution < -0.4 is 10.2 Å². The number of carbonyl (C=O) groups excluding carboxylic acids is 1. The lowest BCUT2D eigenvalue weighted by molar-refractivity contribution is -0.115. The number of benzene rings is 2. The largest absolute Gasteiger partial charge is 0.372 e.